The molecule has 0 radical (unpaired) electrons. The van der Waals surface area contributed by atoms with E-state index in [9.17, 15) is 0 Å². The molecular weight excluding hydrogens is 98.1 g/mol. The Labute approximate surface area is 51.1 Å². The quantitative estimate of drug-likeness (QED) is 0.494. The Kier molecular flexibility index (Phi) is 5.94. The number of hydrogen-bond donors (Lipinski definition) is 0. The first-order valence-electron chi connectivity index (χ1n) is 3.03. The molecule has 0 heterocycles. The van der Waals surface area contributed by atoms with E-state index in [0.717, 1.165) is 13.0 Å². The topological polar surface area (TPSA) is 12.4 Å². The molecule has 0 bridgehead atoms. The van der Waals surface area contributed by atoms with Gasteiger partial charge in [-0.1, -0.05) is 13.0 Å². The van der Waals surface area contributed by atoms with Crippen molar-refractivity contribution in [2.45, 2.75) is 20.3 Å². The second kappa shape index (κ2) is 6.41. The van der Waals surface area contributed by atoms with E-state index in [-0.39, 0.29) is 0 Å². The van der Waals surface area contributed by atoms with E-state index < -0.39 is 0 Å². The highest BCUT2D eigenvalue weighted by Crippen LogP contribution is 1.75. The highest BCUT2D eigenvalue weighted by Gasteiger charge is 1.67. The molecule has 0 aromatic carbocycles. The van der Waals surface area contributed by atoms with Crippen LogP contribution in [0.3, 0.4) is 0 Å². The van der Waals surface area contributed by atoms with Crippen molar-refractivity contribution in [3.05, 3.63) is 12.2 Å². The van der Waals surface area contributed by atoms with E-state index in [1.54, 1.807) is 0 Å². The maximum atomic E-state index is 4.07. The van der Waals surface area contributed by atoms with Crippen LogP contribution in [0, 0.1) is 0 Å². The van der Waals surface area contributed by atoms with Gasteiger partial charge >= 0.3 is 0 Å². The van der Waals surface area contributed by atoms with E-state index in [4.69, 9.17) is 0 Å². The number of nitrogens with zero attached hydrogens (tertiary/aromatic N) is 1. The van der Waals surface area contributed by atoms with Crippen molar-refractivity contribution in [2.24, 2.45) is 4.99 Å². The summed E-state index contributed by atoms with van der Waals surface area (Å²) in [7, 11) is 0. The fraction of sp³-hybridized carbons (Fsp3) is 0.571. The van der Waals surface area contributed by atoms with Gasteiger partial charge in [0, 0.05) is 12.8 Å². The second-order valence-corrected chi connectivity index (χ2v) is 1.58. The predicted molar refractivity (Wildman–Crippen MR) is 38.5 cm³/mol. The Hall–Kier alpha value is -0.590. The second-order valence-electron chi connectivity index (χ2n) is 1.58. The highest BCUT2D eigenvalue weighted by atomic mass is 14.7. The van der Waals surface area contributed by atoms with Crippen molar-refractivity contribution in [3.8, 4) is 0 Å². The molecule has 0 aromatic rings. The Balaban J connectivity index is 3.07. The van der Waals surface area contributed by atoms with Gasteiger partial charge in [-0.05, 0) is 19.4 Å². The summed E-state index contributed by atoms with van der Waals surface area (Å²) in [5.41, 5.74) is 0. The third-order valence-electron chi connectivity index (χ3n) is 0.737. The van der Waals surface area contributed by atoms with Crippen molar-refractivity contribution < 1.29 is 0 Å². The van der Waals surface area contributed by atoms with Gasteiger partial charge in [-0.25, -0.2) is 0 Å². The zero-order valence-electron chi connectivity index (χ0n) is 5.59. The van der Waals surface area contributed by atoms with Gasteiger partial charge in [0.25, 0.3) is 0 Å². The van der Waals surface area contributed by atoms with Crippen LogP contribution in [0.5, 0.6) is 0 Å². The SMILES string of the molecule is CC=CC=NCCC. The van der Waals surface area contributed by atoms with E-state index in [1.807, 2.05) is 25.3 Å². The number of rotatable bonds is 3. The Morgan fingerprint density at radius 2 is 2.25 bits per heavy atom. The Morgan fingerprint density at radius 3 is 2.75 bits per heavy atom. The first kappa shape index (κ1) is 7.41. The van der Waals surface area contributed by atoms with Crippen LogP contribution >= 0.6 is 0 Å². The largest absolute Gasteiger partial charge is 0.293 e. The van der Waals surface area contributed by atoms with Crippen LogP contribution in [0.25, 0.3) is 0 Å². The molecule has 0 spiro atoms. The lowest BCUT2D eigenvalue weighted by molar-refractivity contribution is 0.937. The maximum absolute atomic E-state index is 4.07. The molecule has 0 aliphatic rings. The minimum atomic E-state index is 0.949. The summed E-state index contributed by atoms with van der Waals surface area (Å²) in [5.74, 6) is 0. The third kappa shape index (κ3) is 5.41. The Bertz CT molecular complexity index is 82.4. The van der Waals surface area contributed by atoms with Crippen LogP contribution in [-0.2, 0) is 0 Å². The van der Waals surface area contributed by atoms with E-state index in [1.165, 1.54) is 0 Å². The lowest BCUT2D eigenvalue weighted by Crippen LogP contribution is -1.73. The van der Waals surface area contributed by atoms with Crippen LogP contribution in [0.15, 0.2) is 17.1 Å². The average Bonchev–Trinajstić information content (AvgIpc) is 1.81. The lowest BCUT2D eigenvalue weighted by atomic mass is 10.5. The van der Waals surface area contributed by atoms with Gasteiger partial charge < -0.3 is 0 Å². The molecule has 46 valence electrons. The fourth-order valence-corrected chi connectivity index (χ4v) is 0.351. The molecular formula is C7H13N. The van der Waals surface area contributed by atoms with Gasteiger partial charge in [-0.15, -0.1) is 0 Å². The van der Waals surface area contributed by atoms with Crippen LogP contribution < -0.4 is 0 Å². The number of allylic oxidation sites excluding steroid dienone is 2. The highest BCUT2D eigenvalue weighted by molar-refractivity contribution is 5.70. The first-order valence-corrected chi connectivity index (χ1v) is 3.03. The molecule has 0 amide bonds. The predicted octanol–water partition coefficient (Wildman–Crippen LogP) is 2.04. The monoisotopic (exact) mass is 111 g/mol. The molecule has 8 heavy (non-hydrogen) atoms. The standard InChI is InChI=1S/C7H13N/c1-3-5-7-8-6-4-2/h3,5,7H,4,6H2,1-2H3. The molecule has 0 atom stereocenters. The van der Waals surface area contributed by atoms with Crippen molar-refractivity contribution in [2.75, 3.05) is 6.54 Å². The van der Waals surface area contributed by atoms with Crippen molar-refractivity contribution in [1.29, 1.82) is 0 Å². The minimum Gasteiger partial charge on any atom is -0.293 e. The van der Waals surface area contributed by atoms with Crippen LogP contribution in [0.1, 0.15) is 20.3 Å². The van der Waals surface area contributed by atoms with Crippen LogP contribution in [0.2, 0.25) is 0 Å². The van der Waals surface area contributed by atoms with Gasteiger partial charge in [0.2, 0.25) is 0 Å². The summed E-state index contributed by atoms with van der Waals surface area (Å²) < 4.78 is 0. The fourth-order valence-electron chi connectivity index (χ4n) is 0.351. The molecule has 0 rings (SSSR count). The van der Waals surface area contributed by atoms with E-state index in [0.29, 0.717) is 0 Å². The first-order chi connectivity index (χ1) is 3.91. The van der Waals surface area contributed by atoms with Gasteiger partial charge in [-0.2, -0.15) is 0 Å². The van der Waals surface area contributed by atoms with Gasteiger partial charge in [0.05, 0.1) is 0 Å². The molecule has 0 saturated carbocycles. The molecule has 1 nitrogen and oxygen atoms in total. The average molecular weight is 111 g/mol. The minimum absolute atomic E-state index is 0.949. The van der Waals surface area contributed by atoms with Gasteiger partial charge in [0.1, 0.15) is 0 Å². The van der Waals surface area contributed by atoms with Crippen molar-refractivity contribution in [1.82, 2.24) is 0 Å². The molecule has 0 fully saturated rings. The molecule has 0 N–H and O–H groups in total. The molecule has 0 aliphatic heterocycles. The summed E-state index contributed by atoms with van der Waals surface area (Å²) in [6.07, 6.45) is 6.88. The zero-order chi connectivity index (χ0) is 6.24. The van der Waals surface area contributed by atoms with Crippen molar-refractivity contribution in [3.63, 3.8) is 0 Å². The number of hydrogen-bond acceptors (Lipinski definition) is 1. The molecule has 0 saturated heterocycles. The van der Waals surface area contributed by atoms with E-state index in [2.05, 4.69) is 11.9 Å². The number of aliphatic imine (C=N–C) groups is 1. The van der Waals surface area contributed by atoms with Crippen molar-refractivity contribution >= 4 is 6.21 Å². The summed E-state index contributed by atoms with van der Waals surface area (Å²) in [6, 6.07) is 0. The molecule has 0 aromatic heterocycles. The van der Waals surface area contributed by atoms with E-state index >= 15 is 0 Å². The summed E-state index contributed by atoms with van der Waals surface area (Å²) in [5, 5.41) is 0. The summed E-state index contributed by atoms with van der Waals surface area (Å²) >= 11 is 0. The van der Waals surface area contributed by atoms with Gasteiger partial charge in [0.15, 0.2) is 0 Å². The lowest BCUT2D eigenvalue weighted by Gasteiger charge is -1.79. The molecule has 0 aliphatic carbocycles. The zero-order valence-corrected chi connectivity index (χ0v) is 5.59. The van der Waals surface area contributed by atoms with Gasteiger partial charge in [-0.3, -0.25) is 4.99 Å². The molecule has 1 heteroatoms. The van der Waals surface area contributed by atoms with Crippen LogP contribution in [0.4, 0.5) is 0 Å². The smallest absolute Gasteiger partial charge is 0.0386 e. The maximum Gasteiger partial charge on any atom is 0.0386 e. The summed E-state index contributed by atoms with van der Waals surface area (Å²) in [4.78, 5) is 4.07. The normalized spacial score (nSPS) is 11.8. The third-order valence-corrected chi connectivity index (χ3v) is 0.737. The molecule has 0 unspecified atom stereocenters. The summed E-state index contributed by atoms with van der Waals surface area (Å²) in [6.45, 7) is 5.05. The Morgan fingerprint density at radius 1 is 1.50 bits per heavy atom. The van der Waals surface area contributed by atoms with Crippen LogP contribution in [-0.4, -0.2) is 12.8 Å².